The smallest absolute Gasteiger partial charge is 0.222 e. The molecule has 26 heavy (non-hydrogen) atoms. The molecule has 0 spiro atoms. The summed E-state index contributed by atoms with van der Waals surface area (Å²) in [7, 11) is 2.13. The van der Waals surface area contributed by atoms with Gasteiger partial charge in [-0.2, -0.15) is 4.98 Å². The van der Waals surface area contributed by atoms with Gasteiger partial charge < -0.3 is 15.5 Å². The summed E-state index contributed by atoms with van der Waals surface area (Å²) in [4.78, 5) is 22.6. The minimum absolute atomic E-state index is 0.279. The lowest BCUT2D eigenvalue weighted by Gasteiger charge is -2.33. The monoisotopic (exact) mass is 357 g/mol. The molecule has 2 aromatic heterocycles. The molecule has 1 aliphatic heterocycles. The fourth-order valence-corrected chi connectivity index (χ4v) is 2.94. The van der Waals surface area contributed by atoms with Gasteiger partial charge in [0.1, 0.15) is 11.5 Å². The maximum atomic E-state index is 5.95. The minimum Gasteiger partial charge on any atom is -0.368 e. The van der Waals surface area contributed by atoms with Crippen LogP contribution < -0.4 is 10.6 Å². The lowest BCUT2D eigenvalue weighted by molar-refractivity contribution is 0.312. The number of hydrogen-bond acceptors (Lipinski definition) is 7. The van der Waals surface area contributed by atoms with E-state index in [1.807, 2.05) is 19.9 Å². The number of aryl methyl sites for hydroxylation is 2. The second kappa shape index (κ2) is 9.43. The average molecular weight is 358 g/mol. The van der Waals surface area contributed by atoms with Crippen LogP contribution in [0.4, 0.5) is 11.8 Å². The second-order valence-corrected chi connectivity index (χ2v) is 6.12. The lowest BCUT2D eigenvalue weighted by Crippen LogP contribution is -2.44. The van der Waals surface area contributed by atoms with Crippen molar-refractivity contribution in [3.05, 3.63) is 23.7 Å². The molecule has 2 N–H and O–H groups in total. The molecule has 1 saturated heterocycles. The number of nitrogens with two attached hydrogens (primary N) is 1. The van der Waals surface area contributed by atoms with E-state index in [0.717, 1.165) is 67.6 Å². The van der Waals surface area contributed by atoms with Crippen LogP contribution in [-0.4, -0.2) is 58.1 Å². The predicted octanol–water partition coefficient (Wildman–Crippen LogP) is 2.42. The number of likely N-dealkylation sites (N-methyl/N-ethyl adjacent to an activating group) is 1. The van der Waals surface area contributed by atoms with E-state index in [-0.39, 0.29) is 5.95 Å². The maximum absolute atomic E-state index is 5.95. The Bertz CT molecular complexity index is 709. The van der Waals surface area contributed by atoms with Crippen LogP contribution in [0.2, 0.25) is 0 Å². The Hall–Kier alpha value is -2.28. The molecule has 7 nitrogen and oxygen atoms in total. The molecule has 0 unspecified atom stereocenters. The number of aromatic nitrogens is 4. The van der Waals surface area contributed by atoms with Gasteiger partial charge in [-0.1, -0.05) is 27.7 Å². The Kier molecular flexibility index (Phi) is 7.26. The average Bonchev–Trinajstić information content (AvgIpc) is 2.69. The van der Waals surface area contributed by atoms with Crippen molar-refractivity contribution in [2.45, 2.75) is 40.5 Å². The topological polar surface area (TPSA) is 84.1 Å². The maximum Gasteiger partial charge on any atom is 0.222 e. The van der Waals surface area contributed by atoms with E-state index in [4.69, 9.17) is 10.7 Å². The van der Waals surface area contributed by atoms with E-state index < -0.39 is 0 Å². The number of rotatable bonds is 4. The lowest BCUT2D eigenvalue weighted by atomic mass is 10.2. The zero-order valence-corrected chi connectivity index (χ0v) is 16.7. The zero-order chi connectivity index (χ0) is 19.1. The van der Waals surface area contributed by atoms with Crippen molar-refractivity contribution in [1.82, 2.24) is 24.8 Å². The highest BCUT2D eigenvalue weighted by Crippen LogP contribution is 2.22. The summed E-state index contributed by atoms with van der Waals surface area (Å²) in [5, 5.41) is 0. The first kappa shape index (κ1) is 20.0. The summed E-state index contributed by atoms with van der Waals surface area (Å²) in [5.74, 6) is 1.14. The van der Waals surface area contributed by atoms with E-state index >= 15 is 0 Å². The van der Waals surface area contributed by atoms with Crippen molar-refractivity contribution in [2.24, 2.45) is 0 Å². The van der Waals surface area contributed by atoms with Crippen molar-refractivity contribution in [2.75, 3.05) is 43.9 Å². The summed E-state index contributed by atoms with van der Waals surface area (Å²) >= 11 is 0. The molecule has 1 fully saturated rings. The van der Waals surface area contributed by atoms with Gasteiger partial charge in [-0.25, -0.2) is 9.97 Å². The summed E-state index contributed by atoms with van der Waals surface area (Å²) < 4.78 is 0. The Morgan fingerprint density at radius 3 is 2.19 bits per heavy atom. The molecule has 3 heterocycles. The van der Waals surface area contributed by atoms with Crippen LogP contribution in [-0.2, 0) is 12.8 Å². The van der Waals surface area contributed by atoms with Crippen molar-refractivity contribution < 1.29 is 0 Å². The molecule has 0 saturated carbocycles. The van der Waals surface area contributed by atoms with Crippen molar-refractivity contribution in [3.63, 3.8) is 0 Å². The van der Waals surface area contributed by atoms with E-state index in [1.165, 1.54) is 0 Å². The van der Waals surface area contributed by atoms with Gasteiger partial charge in [0.25, 0.3) is 0 Å². The molecular formula is C19H31N7. The zero-order valence-electron chi connectivity index (χ0n) is 16.7. The minimum atomic E-state index is 0.279. The normalized spacial score (nSPS) is 14.7. The summed E-state index contributed by atoms with van der Waals surface area (Å²) in [5.41, 5.74) is 9.51. The van der Waals surface area contributed by atoms with Crippen LogP contribution in [0.25, 0.3) is 11.4 Å². The molecule has 1 aliphatic rings. The fourth-order valence-electron chi connectivity index (χ4n) is 2.94. The van der Waals surface area contributed by atoms with Crippen molar-refractivity contribution >= 4 is 11.8 Å². The number of hydrogen-bond donors (Lipinski definition) is 1. The number of anilines is 2. The number of nitrogen functional groups attached to an aromatic ring is 1. The summed E-state index contributed by atoms with van der Waals surface area (Å²) in [6.45, 7) is 12.1. The molecule has 142 valence electrons. The Morgan fingerprint density at radius 2 is 1.58 bits per heavy atom. The van der Waals surface area contributed by atoms with Gasteiger partial charge in [0.2, 0.25) is 5.95 Å². The summed E-state index contributed by atoms with van der Waals surface area (Å²) in [6.07, 6.45) is 3.53. The highest BCUT2D eigenvalue weighted by atomic mass is 15.3. The molecule has 7 heteroatoms. The largest absolute Gasteiger partial charge is 0.368 e. The third kappa shape index (κ3) is 4.66. The first-order valence-corrected chi connectivity index (χ1v) is 9.54. The number of piperazine rings is 1. The first-order chi connectivity index (χ1) is 12.6. The van der Waals surface area contributed by atoms with Gasteiger partial charge in [-0.05, 0) is 19.9 Å². The highest BCUT2D eigenvalue weighted by molar-refractivity contribution is 5.61. The van der Waals surface area contributed by atoms with Crippen molar-refractivity contribution in [1.29, 1.82) is 0 Å². The molecule has 3 rings (SSSR count). The van der Waals surface area contributed by atoms with E-state index in [2.05, 4.69) is 45.6 Å². The van der Waals surface area contributed by atoms with Gasteiger partial charge >= 0.3 is 0 Å². The Morgan fingerprint density at radius 1 is 0.923 bits per heavy atom. The van der Waals surface area contributed by atoms with Crippen LogP contribution >= 0.6 is 0 Å². The van der Waals surface area contributed by atoms with Crippen LogP contribution in [0.15, 0.2) is 12.3 Å². The Balaban J connectivity index is 0.00000117. The Labute approximate surface area is 156 Å². The molecule has 0 amide bonds. The molecule has 0 aliphatic carbocycles. The van der Waals surface area contributed by atoms with Gasteiger partial charge in [0.15, 0.2) is 0 Å². The third-order valence-electron chi connectivity index (χ3n) is 4.42. The quantitative estimate of drug-likeness (QED) is 0.899. The van der Waals surface area contributed by atoms with Gasteiger partial charge in [-0.15, -0.1) is 0 Å². The second-order valence-electron chi connectivity index (χ2n) is 6.12. The van der Waals surface area contributed by atoms with E-state index in [0.29, 0.717) is 0 Å². The summed E-state index contributed by atoms with van der Waals surface area (Å²) in [6, 6.07) is 1.97. The van der Waals surface area contributed by atoms with Gasteiger partial charge in [0, 0.05) is 32.2 Å². The number of nitrogens with zero attached hydrogens (tertiary/aromatic N) is 6. The molecule has 2 aromatic rings. The fraction of sp³-hybridized carbons (Fsp3) is 0.579. The van der Waals surface area contributed by atoms with E-state index in [1.54, 1.807) is 6.20 Å². The molecule has 0 atom stereocenters. The highest BCUT2D eigenvalue weighted by Gasteiger charge is 2.18. The van der Waals surface area contributed by atoms with Crippen LogP contribution in [0, 0.1) is 0 Å². The van der Waals surface area contributed by atoms with E-state index in [9.17, 15) is 0 Å². The van der Waals surface area contributed by atoms with Crippen LogP contribution in [0.1, 0.15) is 39.1 Å². The molecule has 0 radical (unpaired) electrons. The van der Waals surface area contributed by atoms with Gasteiger partial charge in [0.05, 0.1) is 23.3 Å². The first-order valence-electron chi connectivity index (χ1n) is 9.54. The predicted molar refractivity (Wildman–Crippen MR) is 107 cm³/mol. The van der Waals surface area contributed by atoms with Crippen LogP contribution in [0.5, 0.6) is 0 Å². The molecule has 0 bridgehead atoms. The molecule has 0 aromatic carbocycles. The van der Waals surface area contributed by atoms with Crippen molar-refractivity contribution in [3.8, 4) is 11.4 Å². The molecular weight excluding hydrogens is 326 g/mol. The van der Waals surface area contributed by atoms with Crippen LogP contribution in [0.3, 0.4) is 0 Å². The SMILES string of the molecule is CC.CCc1ncc(-c2cc(N3CCN(C)CC3)nc(N)n2)nc1CC. The third-order valence-corrected chi connectivity index (χ3v) is 4.42. The van der Waals surface area contributed by atoms with Gasteiger partial charge in [-0.3, -0.25) is 4.98 Å². The standard InChI is InChI=1S/C17H25N7.C2H6/c1-4-12-13(5-2)20-15(11-19-12)14-10-16(22-17(18)21-14)24-8-6-23(3)7-9-24;1-2/h10-11H,4-9H2,1-3H3,(H2,18,21,22);1-2H3.